The van der Waals surface area contributed by atoms with Gasteiger partial charge < -0.3 is 29.4 Å². The van der Waals surface area contributed by atoms with E-state index in [4.69, 9.17) is 14.2 Å². The zero-order chi connectivity index (χ0) is 23.5. The minimum Gasteiger partial charge on any atom is -0.464 e. The lowest BCUT2D eigenvalue weighted by Crippen LogP contribution is -2.31. The zero-order valence-corrected chi connectivity index (χ0v) is 19.8. The van der Waals surface area contributed by atoms with Crippen LogP contribution in [-0.2, 0) is 25.5 Å². The van der Waals surface area contributed by atoms with Crippen LogP contribution in [0.5, 0.6) is 0 Å². The van der Waals surface area contributed by atoms with E-state index in [1.807, 2.05) is 26.8 Å². The van der Waals surface area contributed by atoms with Crippen molar-refractivity contribution in [2.45, 2.75) is 58.7 Å². The highest BCUT2D eigenvalue weighted by molar-refractivity contribution is 6.11. The number of anilines is 2. The molecule has 2 aromatic heterocycles. The van der Waals surface area contributed by atoms with Crippen molar-refractivity contribution in [3.05, 3.63) is 18.0 Å². The number of hydrogen-bond donors (Lipinski definition) is 2. The minimum atomic E-state index is -0.521. The van der Waals surface area contributed by atoms with Crippen molar-refractivity contribution in [3.63, 3.8) is 0 Å². The van der Waals surface area contributed by atoms with Gasteiger partial charge in [0.1, 0.15) is 5.65 Å². The lowest BCUT2D eigenvalue weighted by molar-refractivity contribution is -0.119. The van der Waals surface area contributed by atoms with Crippen LogP contribution in [0.3, 0.4) is 0 Å². The number of ether oxygens (including phenoxy) is 3. The Hall–Kier alpha value is -2.65. The number of esters is 1. The Morgan fingerprint density at radius 2 is 2.12 bits per heavy atom. The molecule has 1 fully saturated rings. The van der Waals surface area contributed by atoms with Crippen LogP contribution in [0.4, 0.5) is 11.4 Å². The van der Waals surface area contributed by atoms with Gasteiger partial charge in [0.05, 0.1) is 42.8 Å². The van der Waals surface area contributed by atoms with Gasteiger partial charge in [-0.15, -0.1) is 0 Å². The molecule has 32 heavy (non-hydrogen) atoms. The predicted octanol–water partition coefficient (Wildman–Crippen LogP) is 3.43. The van der Waals surface area contributed by atoms with E-state index in [9.17, 15) is 9.59 Å². The first kappa shape index (κ1) is 24.0. The lowest BCUT2D eigenvalue weighted by atomic mass is 10.00. The third-order valence-corrected chi connectivity index (χ3v) is 5.91. The van der Waals surface area contributed by atoms with Crippen LogP contribution in [0.1, 0.15) is 51.0 Å². The fourth-order valence-electron chi connectivity index (χ4n) is 4.17. The minimum absolute atomic E-state index is 0.117. The number of aryl methyl sites for hydroxylation is 1. The molecule has 0 bridgehead atoms. The molecule has 3 rings (SSSR count). The fraction of sp³-hybridized carbons (Fsp3) is 0.609. The van der Waals surface area contributed by atoms with Gasteiger partial charge in [-0.25, -0.2) is 9.78 Å². The molecule has 1 aliphatic heterocycles. The smallest absolute Gasteiger partial charge is 0.356 e. The first-order chi connectivity index (χ1) is 15.2. The van der Waals surface area contributed by atoms with Crippen molar-refractivity contribution in [2.24, 2.45) is 5.92 Å². The largest absolute Gasteiger partial charge is 0.464 e. The third kappa shape index (κ3) is 5.05. The van der Waals surface area contributed by atoms with E-state index in [1.54, 1.807) is 17.9 Å². The van der Waals surface area contributed by atoms with Gasteiger partial charge in [0, 0.05) is 31.7 Å². The van der Waals surface area contributed by atoms with Crippen LogP contribution in [-0.4, -0.2) is 60.5 Å². The molecule has 2 N–H and O–H groups in total. The van der Waals surface area contributed by atoms with E-state index in [0.29, 0.717) is 42.9 Å². The Bertz CT molecular complexity index is 978. The summed E-state index contributed by atoms with van der Waals surface area (Å²) in [6.45, 7) is 9.51. The highest BCUT2D eigenvalue weighted by Crippen LogP contribution is 2.33. The van der Waals surface area contributed by atoms with Gasteiger partial charge in [0.2, 0.25) is 5.91 Å². The summed E-state index contributed by atoms with van der Waals surface area (Å²) in [5.41, 5.74) is 1.85. The Labute approximate surface area is 188 Å². The molecule has 9 heteroatoms. The number of carbonyl (C=O) groups is 2. The number of methoxy groups -OCH3 is 2. The van der Waals surface area contributed by atoms with Gasteiger partial charge in [-0.2, -0.15) is 0 Å². The number of aromatic nitrogens is 2. The number of nitrogens with one attached hydrogen (secondary N) is 2. The summed E-state index contributed by atoms with van der Waals surface area (Å²) >= 11 is 0. The zero-order valence-electron chi connectivity index (χ0n) is 19.8. The quantitative estimate of drug-likeness (QED) is 0.569. The molecule has 0 spiro atoms. The van der Waals surface area contributed by atoms with Crippen molar-refractivity contribution < 1.29 is 23.8 Å². The molecule has 0 unspecified atom stereocenters. The highest BCUT2D eigenvalue weighted by Gasteiger charge is 2.29. The Kier molecular flexibility index (Phi) is 7.40. The van der Waals surface area contributed by atoms with Crippen molar-refractivity contribution in [2.75, 3.05) is 38.1 Å². The highest BCUT2D eigenvalue weighted by atomic mass is 16.5. The average molecular weight is 447 g/mol. The molecular formula is C23H34N4O5. The molecular weight excluding hydrogens is 412 g/mol. The first-order valence-electron chi connectivity index (χ1n) is 11.0. The van der Waals surface area contributed by atoms with E-state index in [2.05, 4.69) is 22.5 Å². The Morgan fingerprint density at radius 3 is 2.72 bits per heavy atom. The summed E-state index contributed by atoms with van der Waals surface area (Å²) in [4.78, 5) is 30.1. The van der Waals surface area contributed by atoms with Crippen LogP contribution in [0.15, 0.2) is 12.3 Å². The molecule has 0 saturated carbocycles. The van der Waals surface area contributed by atoms with Crippen LogP contribution in [0.25, 0.3) is 11.0 Å². The number of amides is 1. The predicted molar refractivity (Wildman–Crippen MR) is 123 cm³/mol. The second-order valence-corrected chi connectivity index (χ2v) is 8.82. The molecule has 1 amide bonds. The number of rotatable bonds is 9. The monoisotopic (exact) mass is 446 g/mol. The van der Waals surface area contributed by atoms with Gasteiger partial charge in [0.15, 0.2) is 5.69 Å². The first-order valence-corrected chi connectivity index (χ1v) is 11.0. The van der Waals surface area contributed by atoms with Crippen molar-refractivity contribution in [3.8, 4) is 0 Å². The summed E-state index contributed by atoms with van der Waals surface area (Å²) in [5.74, 6) is -0.935. The summed E-state index contributed by atoms with van der Waals surface area (Å²) < 4.78 is 17.7. The van der Waals surface area contributed by atoms with E-state index >= 15 is 0 Å². The SMILES string of the molecule is CCn1c(C(=O)OC)c(NC(=O)[C@@H]2CCOC2)c2cc(N[C@@H](C)CC(C)(C)OC)cnc21. The standard InChI is InChI=1S/C23H34N4O5/c1-7-27-19(22(29)30-5)18(26-21(28)15-8-9-32-13-15)17-10-16(12-24-20(17)27)25-14(2)11-23(3,4)31-6/h10,12,14-15,25H,7-9,11,13H2,1-6H3,(H,26,28)/t14-,15+/m0/s1. The lowest BCUT2D eigenvalue weighted by Gasteiger charge is -2.27. The molecule has 0 aromatic carbocycles. The van der Waals surface area contributed by atoms with E-state index < -0.39 is 5.97 Å². The Morgan fingerprint density at radius 1 is 1.38 bits per heavy atom. The molecule has 2 aromatic rings. The summed E-state index contributed by atoms with van der Waals surface area (Å²) in [7, 11) is 3.03. The number of fused-ring (bicyclic) bond motifs is 1. The fourth-order valence-corrected chi connectivity index (χ4v) is 4.17. The maximum atomic E-state index is 12.9. The van der Waals surface area contributed by atoms with Crippen LogP contribution in [0, 0.1) is 5.92 Å². The van der Waals surface area contributed by atoms with Crippen molar-refractivity contribution in [1.29, 1.82) is 0 Å². The second kappa shape index (κ2) is 9.87. The number of pyridine rings is 1. The van der Waals surface area contributed by atoms with E-state index in [1.165, 1.54) is 7.11 Å². The average Bonchev–Trinajstić information content (AvgIpc) is 3.39. The van der Waals surface area contributed by atoms with E-state index in [0.717, 1.165) is 12.1 Å². The molecule has 176 valence electrons. The number of hydrogen-bond acceptors (Lipinski definition) is 7. The van der Waals surface area contributed by atoms with E-state index in [-0.39, 0.29) is 29.2 Å². The van der Waals surface area contributed by atoms with Gasteiger partial charge in [-0.3, -0.25) is 4.79 Å². The van der Waals surface area contributed by atoms with Gasteiger partial charge in [-0.1, -0.05) is 0 Å². The number of carbonyl (C=O) groups excluding carboxylic acids is 2. The summed E-state index contributed by atoms with van der Waals surface area (Å²) in [6.07, 6.45) is 3.18. The summed E-state index contributed by atoms with van der Waals surface area (Å²) in [6, 6.07) is 2.03. The summed E-state index contributed by atoms with van der Waals surface area (Å²) in [5, 5.41) is 7.10. The maximum Gasteiger partial charge on any atom is 0.356 e. The van der Waals surface area contributed by atoms with Gasteiger partial charge in [0.25, 0.3) is 0 Å². The molecule has 0 aliphatic carbocycles. The third-order valence-electron chi connectivity index (χ3n) is 5.91. The number of nitrogens with zero attached hydrogens (tertiary/aromatic N) is 2. The molecule has 0 radical (unpaired) electrons. The molecule has 2 atom stereocenters. The van der Waals surface area contributed by atoms with Crippen molar-refractivity contribution >= 4 is 34.3 Å². The van der Waals surface area contributed by atoms with Gasteiger partial charge in [-0.05, 0) is 46.6 Å². The van der Waals surface area contributed by atoms with Crippen LogP contribution in [0.2, 0.25) is 0 Å². The van der Waals surface area contributed by atoms with Crippen LogP contribution < -0.4 is 10.6 Å². The van der Waals surface area contributed by atoms with Crippen LogP contribution >= 0.6 is 0 Å². The van der Waals surface area contributed by atoms with Gasteiger partial charge >= 0.3 is 5.97 Å². The maximum absolute atomic E-state index is 12.9. The van der Waals surface area contributed by atoms with Crippen molar-refractivity contribution in [1.82, 2.24) is 9.55 Å². The molecule has 1 saturated heterocycles. The molecule has 9 nitrogen and oxygen atoms in total. The topological polar surface area (TPSA) is 104 Å². The Balaban J connectivity index is 2.01. The molecule has 3 heterocycles. The second-order valence-electron chi connectivity index (χ2n) is 8.82. The normalized spacial score (nSPS) is 17.4. The molecule has 1 aliphatic rings.